The lowest BCUT2D eigenvalue weighted by Crippen LogP contribution is -2.39. The number of aryl methyl sites for hydroxylation is 1. The lowest BCUT2D eigenvalue weighted by atomic mass is 10.2. The zero-order valence-corrected chi connectivity index (χ0v) is 9.91. The van der Waals surface area contributed by atoms with Gasteiger partial charge in [0, 0.05) is 5.02 Å². The highest BCUT2D eigenvalue weighted by Gasteiger charge is 2.03. The van der Waals surface area contributed by atoms with Crippen molar-refractivity contribution in [2.75, 3.05) is 13.2 Å². The van der Waals surface area contributed by atoms with Crippen molar-refractivity contribution in [2.45, 2.75) is 6.92 Å². The number of aliphatic carboxylic acids is 1. The summed E-state index contributed by atoms with van der Waals surface area (Å²) in [6, 6.07) is 4.97. The molecule has 1 N–H and O–H groups in total. The fourth-order valence-electron chi connectivity index (χ4n) is 1.08. The Morgan fingerprint density at radius 2 is 2.18 bits per heavy atom. The Morgan fingerprint density at radius 1 is 1.47 bits per heavy atom. The number of halogens is 1. The van der Waals surface area contributed by atoms with Crippen LogP contribution in [0.3, 0.4) is 0 Å². The van der Waals surface area contributed by atoms with Crippen LogP contribution in [-0.4, -0.2) is 25.0 Å². The van der Waals surface area contributed by atoms with Crippen molar-refractivity contribution < 1.29 is 19.4 Å². The number of carboxylic acid groups (broad SMARTS) is 1. The van der Waals surface area contributed by atoms with Crippen LogP contribution in [0.25, 0.3) is 0 Å². The molecule has 1 rings (SSSR count). The number of benzene rings is 1. The van der Waals surface area contributed by atoms with Crippen molar-refractivity contribution >= 4 is 23.5 Å². The number of hydrogen-bond donors (Lipinski definition) is 1. The van der Waals surface area contributed by atoms with E-state index in [4.69, 9.17) is 16.3 Å². The van der Waals surface area contributed by atoms with Crippen molar-refractivity contribution in [2.24, 2.45) is 0 Å². The second-order valence-electron chi connectivity index (χ2n) is 3.35. The van der Waals surface area contributed by atoms with Crippen LogP contribution in [0.5, 0.6) is 5.75 Å². The topological polar surface area (TPSA) is 78.5 Å². The molecule has 0 saturated heterocycles. The molecule has 1 aromatic rings. The van der Waals surface area contributed by atoms with Crippen LogP contribution in [0, 0.1) is 6.92 Å². The lowest BCUT2D eigenvalue weighted by Gasteiger charge is -2.08. The molecule has 6 heteroatoms. The highest BCUT2D eigenvalue weighted by molar-refractivity contribution is 6.31. The van der Waals surface area contributed by atoms with Crippen LogP contribution < -0.4 is 15.2 Å². The number of carboxylic acids is 1. The Bertz CT molecular complexity index is 433. The van der Waals surface area contributed by atoms with E-state index >= 15 is 0 Å². The van der Waals surface area contributed by atoms with E-state index in [2.05, 4.69) is 5.32 Å². The molecule has 0 fully saturated rings. The third kappa shape index (κ3) is 4.74. The molecule has 17 heavy (non-hydrogen) atoms. The summed E-state index contributed by atoms with van der Waals surface area (Å²) in [5, 5.41) is 12.8. The van der Waals surface area contributed by atoms with Crippen molar-refractivity contribution in [3.63, 3.8) is 0 Å². The van der Waals surface area contributed by atoms with Gasteiger partial charge in [-0.25, -0.2) is 0 Å². The van der Waals surface area contributed by atoms with Gasteiger partial charge in [-0.1, -0.05) is 11.6 Å². The Morgan fingerprint density at radius 3 is 2.76 bits per heavy atom. The predicted molar refractivity (Wildman–Crippen MR) is 59.7 cm³/mol. The molecule has 0 aliphatic carbocycles. The standard InChI is InChI=1S/C11H12ClNO4/c1-7-4-8(2-3-9(7)12)17-6-10(14)13-5-11(15)16/h2-4H,5-6H2,1H3,(H,13,14)(H,15,16)/p-1. The van der Waals surface area contributed by atoms with E-state index in [-0.39, 0.29) is 6.61 Å². The van der Waals surface area contributed by atoms with E-state index in [9.17, 15) is 14.7 Å². The minimum atomic E-state index is -1.35. The molecule has 0 radical (unpaired) electrons. The number of ether oxygens (including phenoxy) is 1. The summed E-state index contributed by atoms with van der Waals surface area (Å²) >= 11 is 5.82. The molecular formula is C11H11ClNO4-. The number of nitrogens with one attached hydrogen (secondary N) is 1. The summed E-state index contributed by atoms with van der Waals surface area (Å²) in [6.45, 7) is 1.03. The molecular weight excluding hydrogens is 246 g/mol. The van der Waals surface area contributed by atoms with E-state index in [0.717, 1.165) is 5.56 Å². The van der Waals surface area contributed by atoms with Crippen LogP contribution in [0.2, 0.25) is 5.02 Å². The molecule has 0 saturated carbocycles. The highest BCUT2D eigenvalue weighted by Crippen LogP contribution is 2.20. The Hall–Kier alpha value is -1.75. The van der Waals surface area contributed by atoms with Gasteiger partial charge < -0.3 is 20.0 Å². The summed E-state index contributed by atoms with van der Waals surface area (Å²) in [5.41, 5.74) is 0.833. The molecule has 0 aliphatic heterocycles. The maximum Gasteiger partial charge on any atom is 0.258 e. The van der Waals surface area contributed by atoms with Gasteiger partial charge in [-0.3, -0.25) is 4.79 Å². The third-order valence-electron chi connectivity index (χ3n) is 1.93. The number of carbonyl (C=O) groups excluding carboxylic acids is 2. The average Bonchev–Trinajstić information content (AvgIpc) is 2.28. The van der Waals surface area contributed by atoms with Gasteiger partial charge in [-0.15, -0.1) is 0 Å². The van der Waals surface area contributed by atoms with Crippen molar-refractivity contribution in [3.05, 3.63) is 28.8 Å². The largest absolute Gasteiger partial charge is 0.548 e. The summed E-state index contributed by atoms with van der Waals surface area (Å²) < 4.78 is 5.15. The van der Waals surface area contributed by atoms with Crippen molar-refractivity contribution in [3.8, 4) is 5.75 Å². The molecule has 92 valence electrons. The van der Waals surface area contributed by atoms with E-state index in [0.29, 0.717) is 10.8 Å². The first-order valence-corrected chi connectivity index (χ1v) is 5.22. The van der Waals surface area contributed by atoms with E-state index in [1.54, 1.807) is 18.2 Å². The quantitative estimate of drug-likeness (QED) is 0.798. The molecule has 0 spiro atoms. The first kappa shape index (κ1) is 13.3. The Labute approximate surface area is 103 Å². The van der Waals surface area contributed by atoms with Crippen LogP contribution in [0.4, 0.5) is 0 Å². The number of hydrogen-bond acceptors (Lipinski definition) is 4. The van der Waals surface area contributed by atoms with Gasteiger partial charge in [0.1, 0.15) is 5.75 Å². The van der Waals surface area contributed by atoms with Gasteiger partial charge in [0.2, 0.25) is 0 Å². The average molecular weight is 257 g/mol. The summed E-state index contributed by atoms with van der Waals surface area (Å²) in [4.78, 5) is 21.2. The molecule has 0 bridgehead atoms. The number of carbonyl (C=O) groups is 2. The molecule has 1 amide bonds. The zero-order chi connectivity index (χ0) is 12.8. The van der Waals surface area contributed by atoms with Crippen LogP contribution in [-0.2, 0) is 9.59 Å². The van der Waals surface area contributed by atoms with Crippen molar-refractivity contribution in [1.82, 2.24) is 5.32 Å². The highest BCUT2D eigenvalue weighted by atomic mass is 35.5. The fraction of sp³-hybridized carbons (Fsp3) is 0.273. The summed E-state index contributed by atoms with van der Waals surface area (Å²) in [5.74, 6) is -1.38. The number of rotatable bonds is 5. The molecule has 0 aliphatic rings. The maximum absolute atomic E-state index is 11.1. The third-order valence-corrected chi connectivity index (χ3v) is 2.35. The van der Waals surface area contributed by atoms with E-state index in [1.165, 1.54) is 0 Å². The van der Waals surface area contributed by atoms with Gasteiger partial charge in [0.25, 0.3) is 5.91 Å². The first-order valence-electron chi connectivity index (χ1n) is 4.84. The van der Waals surface area contributed by atoms with Crippen LogP contribution in [0.15, 0.2) is 18.2 Å². The Balaban J connectivity index is 2.42. The van der Waals surface area contributed by atoms with E-state index in [1.807, 2.05) is 6.92 Å². The van der Waals surface area contributed by atoms with Gasteiger partial charge in [0.15, 0.2) is 6.61 Å². The van der Waals surface area contributed by atoms with E-state index < -0.39 is 18.4 Å². The molecule has 0 atom stereocenters. The minimum Gasteiger partial charge on any atom is -0.548 e. The van der Waals surface area contributed by atoms with Crippen molar-refractivity contribution in [1.29, 1.82) is 0 Å². The second kappa shape index (κ2) is 6.10. The normalized spacial score (nSPS) is 9.76. The zero-order valence-electron chi connectivity index (χ0n) is 9.16. The summed E-state index contributed by atoms with van der Waals surface area (Å²) in [7, 11) is 0. The monoisotopic (exact) mass is 256 g/mol. The predicted octanol–water partition coefficient (Wildman–Crippen LogP) is -0.107. The molecule has 0 unspecified atom stereocenters. The van der Waals surface area contributed by atoms with Crippen LogP contribution in [0.1, 0.15) is 5.56 Å². The molecule has 1 aromatic carbocycles. The van der Waals surface area contributed by atoms with Gasteiger partial charge in [0.05, 0.1) is 12.5 Å². The first-order chi connectivity index (χ1) is 7.99. The SMILES string of the molecule is Cc1cc(OCC(=O)NCC(=O)[O-])ccc1Cl. The maximum atomic E-state index is 11.1. The molecule has 5 nitrogen and oxygen atoms in total. The molecule has 0 heterocycles. The number of amides is 1. The minimum absolute atomic E-state index is 0.256. The van der Waals surface area contributed by atoms with Gasteiger partial charge in [-0.05, 0) is 30.7 Å². The fourth-order valence-corrected chi connectivity index (χ4v) is 1.20. The van der Waals surface area contributed by atoms with Gasteiger partial charge in [-0.2, -0.15) is 0 Å². The smallest absolute Gasteiger partial charge is 0.258 e. The Kier molecular flexibility index (Phi) is 4.78. The second-order valence-corrected chi connectivity index (χ2v) is 3.76. The van der Waals surface area contributed by atoms with Crippen LogP contribution >= 0.6 is 11.6 Å². The molecule has 0 aromatic heterocycles. The lowest BCUT2D eigenvalue weighted by molar-refractivity contribution is -0.304. The van der Waals surface area contributed by atoms with Gasteiger partial charge >= 0.3 is 0 Å². The summed E-state index contributed by atoms with van der Waals surface area (Å²) in [6.07, 6.45) is 0.